The van der Waals surface area contributed by atoms with E-state index in [0.29, 0.717) is 4.83 Å². The highest BCUT2D eigenvalue weighted by molar-refractivity contribution is 9.09. The van der Waals surface area contributed by atoms with Gasteiger partial charge in [0.25, 0.3) is 0 Å². The van der Waals surface area contributed by atoms with E-state index in [0.717, 1.165) is 5.92 Å². The predicted molar refractivity (Wildman–Crippen MR) is 64.9 cm³/mol. The molecule has 0 aromatic heterocycles. The minimum atomic E-state index is 0.678. The van der Waals surface area contributed by atoms with Crippen molar-refractivity contribution in [3.63, 3.8) is 0 Å². The summed E-state index contributed by atoms with van der Waals surface area (Å²) in [5, 5.41) is 0. The van der Waals surface area contributed by atoms with Crippen LogP contribution in [0.5, 0.6) is 0 Å². The van der Waals surface area contributed by atoms with Gasteiger partial charge in [0.15, 0.2) is 0 Å². The van der Waals surface area contributed by atoms with E-state index in [9.17, 15) is 0 Å². The first-order valence-electron chi connectivity index (χ1n) is 5.43. The van der Waals surface area contributed by atoms with Crippen LogP contribution in [-0.2, 0) is 6.42 Å². The third-order valence-corrected chi connectivity index (χ3v) is 3.52. The van der Waals surface area contributed by atoms with Crippen LogP contribution >= 0.6 is 15.9 Å². The lowest BCUT2D eigenvalue weighted by Crippen LogP contribution is -2.03. The molecule has 1 atom stereocenters. The van der Waals surface area contributed by atoms with Gasteiger partial charge in [0.05, 0.1) is 0 Å². The van der Waals surface area contributed by atoms with Gasteiger partial charge in [0, 0.05) is 4.83 Å². The standard InChI is InChI=1S/C13H17Br/c1-10-3-2-4-12(7-10)9-13(14)8-11-5-6-11/h2-4,7,11,13H,5-6,8-9H2,1H3. The van der Waals surface area contributed by atoms with Crippen molar-refractivity contribution in [2.24, 2.45) is 5.92 Å². The van der Waals surface area contributed by atoms with E-state index in [-0.39, 0.29) is 0 Å². The minimum Gasteiger partial charge on any atom is -0.0887 e. The van der Waals surface area contributed by atoms with Crippen molar-refractivity contribution in [1.29, 1.82) is 0 Å². The highest BCUT2D eigenvalue weighted by atomic mass is 79.9. The molecule has 1 aliphatic carbocycles. The summed E-state index contributed by atoms with van der Waals surface area (Å²) >= 11 is 3.78. The Morgan fingerprint density at radius 3 is 2.86 bits per heavy atom. The third-order valence-electron chi connectivity index (χ3n) is 2.83. The Hall–Kier alpha value is -0.300. The Labute approximate surface area is 94.8 Å². The molecule has 76 valence electrons. The topological polar surface area (TPSA) is 0 Å². The summed E-state index contributed by atoms with van der Waals surface area (Å²) in [6.07, 6.45) is 5.44. The zero-order chi connectivity index (χ0) is 9.97. The Kier molecular flexibility index (Phi) is 3.27. The number of hydrogen-bond acceptors (Lipinski definition) is 0. The molecule has 0 spiro atoms. The Morgan fingerprint density at radius 1 is 1.43 bits per heavy atom. The van der Waals surface area contributed by atoms with Crippen LogP contribution in [0.3, 0.4) is 0 Å². The number of rotatable bonds is 4. The van der Waals surface area contributed by atoms with E-state index >= 15 is 0 Å². The fraction of sp³-hybridized carbons (Fsp3) is 0.538. The van der Waals surface area contributed by atoms with Crippen molar-refractivity contribution in [1.82, 2.24) is 0 Å². The molecule has 1 fully saturated rings. The lowest BCUT2D eigenvalue weighted by Gasteiger charge is -2.09. The quantitative estimate of drug-likeness (QED) is 0.708. The van der Waals surface area contributed by atoms with Crippen molar-refractivity contribution >= 4 is 15.9 Å². The molecular weight excluding hydrogens is 236 g/mol. The number of benzene rings is 1. The maximum absolute atomic E-state index is 3.78. The molecule has 1 heteroatoms. The van der Waals surface area contributed by atoms with Gasteiger partial charge in [0.1, 0.15) is 0 Å². The molecule has 0 aliphatic heterocycles. The van der Waals surface area contributed by atoms with Crippen LogP contribution in [0.15, 0.2) is 24.3 Å². The summed E-state index contributed by atoms with van der Waals surface area (Å²) in [5.41, 5.74) is 2.83. The van der Waals surface area contributed by atoms with Crippen LogP contribution in [0.2, 0.25) is 0 Å². The molecule has 1 saturated carbocycles. The molecule has 2 rings (SSSR count). The normalized spacial score (nSPS) is 18.1. The van der Waals surface area contributed by atoms with Gasteiger partial charge in [-0.1, -0.05) is 58.6 Å². The summed E-state index contributed by atoms with van der Waals surface area (Å²) in [6, 6.07) is 8.84. The maximum Gasteiger partial charge on any atom is 0.0188 e. The van der Waals surface area contributed by atoms with Crippen LogP contribution < -0.4 is 0 Å². The highest BCUT2D eigenvalue weighted by Gasteiger charge is 2.24. The van der Waals surface area contributed by atoms with E-state index in [1.165, 1.54) is 36.8 Å². The summed E-state index contributed by atoms with van der Waals surface area (Å²) in [6.45, 7) is 2.16. The van der Waals surface area contributed by atoms with Crippen LogP contribution in [0.25, 0.3) is 0 Å². The molecular formula is C13H17Br. The number of alkyl halides is 1. The second-order valence-corrected chi connectivity index (χ2v) is 5.76. The summed E-state index contributed by atoms with van der Waals surface area (Å²) in [4.78, 5) is 0.678. The van der Waals surface area contributed by atoms with Crippen LogP contribution in [0.1, 0.15) is 30.4 Å². The van der Waals surface area contributed by atoms with Crippen molar-refractivity contribution in [2.75, 3.05) is 0 Å². The van der Waals surface area contributed by atoms with Crippen LogP contribution in [0, 0.1) is 12.8 Å². The first kappa shape index (κ1) is 10.2. The number of halogens is 1. The Morgan fingerprint density at radius 2 is 2.21 bits per heavy atom. The van der Waals surface area contributed by atoms with Crippen molar-refractivity contribution < 1.29 is 0 Å². The molecule has 1 aromatic carbocycles. The van der Waals surface area contributed by atoms with Crippen molar-refractivity contribution in [3.8, 4) is 0 Å². The SMILES string of the molecule is Cc1cccc(CC(Br)CC2CC2)c1. The minimum absolute atomic E-state index is 0.678. The van der Waals surface area contributed by atoms with Gasteiger partial charge in [-0.15, -0.1) is 0 Å². The van der Waals surface area contributed by atoms with Gasteiger partial charge < -0.3 is 0 Å². The summed E-state index contributed by atoms with van der Waals surface area (Å²) in [5.74, 6) is 1.02. The van der Waals surface area contributed by atoms with E-state index in [1.807, 2.05) is 0 Å². The molecule has 0 radical (unpaired) electrons. The molecule has 0 nitrogen and oxygen atoms in total. The molecule has 0 heterocycles. The smallest absolute Gasteiger partial charge is 0.0188 e. The third kappa shape index (κ3) is 3.13. The molecule has 14 heavy (non-hydrogen) atoms. The van der Waals surface area contributed by atoms with E-state index in [1.54, 1.807) is 0 Å². The summed E-state index contributed by atoms with van der Waals surface area (Å²) in [7, 11) is 0. The van der Waals surface area contributed by atoms with Crippen molar-refractivity contribution in [2.45, 2.75) is 37.4 Å². The van der Waals surface area contributed by atoms with Gasteiger partial charge in [-0.05, 0) is 31.2 Å². The second-order valence-electron chi connectivity index (χ2n) is 4.47. The van der Waals surface area contributed by atoms with Gasteiger partial charge in [0.2, 0.25) is 0 Å². The van der Waals surface area contributed by atoms with E-state index in [4.69, 9.17) is 0 Å². The van der Waals surface area contributed by atoms with Crippen LogP contribution in [0.4, 0.5) is 0 Å². The Bertz CT molecular complexity index is 302. The van der Waals surface area contributed by atoms with Gasteiger partial charge >= 0.3 is 0 Å². The lowest BCUT2D eigenvalue weighted by molar-refractivity contribution is 0.690. The molecule has 1 aliphatic rings. The van der Waals surface area contributed by atoms with Gasteiger partial charge in [-0.25, -0.2) is 0 Å². The molecule has 1 aromatic rings. The average Bonchev–Trinajstić information content (AvgIpc) is 2.87. The molecule has 1 unspecified atom stereocenters. The largest absolute Gasteiger partial charge is 0.0887 e. The fourth-order valence-electron chi connectivity index (χ4n) is 1.89. The Balaban J connectivity index is 1.88. The predicted octanol–water partition coefficient (Wildman–Crippen LogP) is 4.10. The first-order valence-corrected chi connectivity index (χ1v) is 6.35. The van der Waals surface area contributed by atoms with Gasteiger partial charge in [-0.3, -0.25) is 0 Å². The molecule has 0 N–H and O–H groups in total. The molecule has 0 bridgehead atoms. The molecule has 0 amide bonds. The number of aryl methyl sites for hydroxylation is 1. The zero-order valence-corrected chi connectivity index (χ0v) is 10.3. The highest BCUT2D eigenvalue weighted by Crippen LogP contribution is 2.36. The monoisotopic (exact) mass is 252 g/mol. The average molecular weight is 253 g/mol. The first-order chi connectivity index (χ1) is 6.74. The molecule has 0 saturated heterocycles. The zero-order valence-electron chi connectivity index (χ0n) is 8.67. The van der Waals surface area contributed by atoms with Gasteiger partial charge in [-0.2, -0.15) is 0 Å². The second kappa shape index (κ2) is 4.48. The lowest BCUT2D eigenvalue weighted by atomic mass is 10.0. The fourth-order valence-corrected chi connectivity index (χ4v) is 2.80. The number of hydrogen-bond donors (Lipinski definition) is 0. The van der Waals surface area contributed by atoms with Crippen molar-refractivity contribution in [3.05, 3.63) is 35.4 Å². The maximum atomic E-state index is 3.78. The van der Waals surface area contributed by atoms with Crippen LogP contribution in [-0.4, -0.2) is 4.83 Å². The van der Waals surface area contributed by atoms with E-state index in [2.05, 4.69) is 47.1 Å². The van der Waals surface area contributed by atoms with E-state index < -0.39 is 0 Å². The summed E-state index contributed by atoms with van der Waals surface area (Å²) < 4.78 is 0.